The normalized spacial score (nSPS) is 15.6. The van der Waals surface area contributed by atoms with Gasteiger partial charge in [-0.05, 0) is 25.3 Å². The van der Waals surface area contributed by atoms with E-state index in [1.807, 2.05) is 0 Å². The summed E-state index contributed by atoms with van der Waals surface area (Å²) in [5.74, 6) is 1.19. The molecule has 2 heterocycles. The maximum absolute atomic E-state index is 11.9. The SMILES string of the molecule is Cc1c(C=O)sc2nc(C3CC3)[nH]c(=O)c12. The van der Waals surface area contributed by atoms with Gasteiger partial charge in [-0.15, -0.1) is 11.3 Å². The van der Waals surface area contributed by atoms with Crippen molar-refractivity contribution < 1.29 is 4.79 Å². The lowest BCUT2D eigenvalue weighted by atomic mass is 10.2. The number of aldehydes is 1. The molecular weight excluding hydrogens is 224 g/mol. The van der Waals surface area contributed by atoms with Crippen LogP contribution in [0.1, 0.15) is 39.8 Å². The van der Waals surface area contributed by atoms with Crippen LogP contribution in [0.2, 0.25) is 0 Å². The fraction of sp³-hybridized carbons (Fsp3) is 0.364. The number of nitrogens with one attached hydrogen (secondary N) is 1. The Hall–Kier alpha value is -1.49. The first-order chi connectivity index (χ1) is 7.70. The highest BCUT2D eigenvalue weighted by Gasteiger charge is 2.27. The van der Waals surface area contributed by atoms with Gasteiger partial charge in [0.1, 0.15) is 10.7 Å². The van der Waals surface area contributed by atoms with Gasteiger partial charge in [0.05, 0.1) is 10.3 Å². The monoisotopic (exact) mass is 234 g/mol. The first kappa shape index (κ1) is 9.72. The molecule has 0 aromatic carbocycles. The smallest absolute Gasteiger partial charge is 0.259 e. The standard InChI is InChI=1S/C11H10N2O2S/c1-5-7(4-14)16-11-8(5)10(15)12-9(13-11)6-2-3-6/h4,6H,2-3H2,1H3,(H,12,13,15). The molecule has 0 aliphatic heterocycles. The van der Waals surface area contributed by atoms with Crippen LogP contribution in [0.3, 0.4) is 0 Å². The molecule has 1 saturated carbocycles. The lowest BCUT2D eigenvalue weighted by Crippen LogP contribution is -2.10. The largest absolute Gasteiger partial charge is 0.310 e. The van der Waals surface area contributed by atoms with E-state index in [0.29, 0.717) is 21.0 Å². The van der Waals surface area contributed by atoms with Crippen LogP contribution in [0.5, 0.6) is 0 Å². The highest BCUT2D eigenvalue weighted by Crippen LogP contribution is 2.38. The summed E-state index contributed by atoms with van der Waals surface area (Å²) >= 11 is 1.30. The number of aromatic amines is 1. The van der Waals surface area contributed by atoms with Crippen LogP contribution in [0.4, 0.5) is 0 Å². The van der Waals surface area contributed by atoms with Gasteiger partial charge in [-0.1, -0.05) is 0 Å². The molecule has 4 nitrogen and oxygen atoms in total. The number of hydrogen-bond acceptors (Lipinski definition) is 4. The molecular formula is C11H10N2O2S. The van der Waals surface area contributed by atoms with Crippen LogP contribution in [-0.4, -0.2) is 16.3 Å². The van der Waals surface area contributed by atoms with Crippen molar-refractivity contribution in [2.24, 2.45) is 0 Å². The van der Waals surface area contributed by atoms with Gasteiger partial charge in [0, 0.05) is 5.92 Å². The number of carbonyl (C=O) groups excluding carboxylic acids is 1. The number of rotatable bonds is 2. The molecule has 0 atom stereocenters. The zero-order valence-corrected chi connectivity index (χ0v) is 9.56. The number of fused-ring (bicyclic) bond motifs is 1. The van der Waals surface area contributed by atoms with E-state index in [0.717, 1.165) is 30.5 Å². The van der Waals surface area contributed by atoms with Gasteiger partial charge in [-0.25, -0.2) is 4.98 Å². The van der Waals surface area contributed by atoms with Crippen molar-refractivity contribution in [1.29, 1.82) is 0 Å². The molecule has 1 aliphatic rings. The van der Waals surface area contributed by atoms with E-state index >= 15 is 0 Å². The molecule has 2 aromatic rings. The number of carbonyl (C=O) groups is 1. The van der Waals surface area contributed by atoms with Crippen LogP contribution in [0.15, 0.2) is 4.79 Å². The molecule has 0 saturated heterocycles. The van der Waals surface area contributed by atoms with Gasteiger partial charge >= 0.3 is 0 Å². The Morgan fingerprint density at radius 1 is 1.50 bits per heavy atom. The molecule has 0 spiro atoms. The van der Waals surface area contributed by atoms with Gasteiger partial charge in [0.25, 0.3) is 5.56 Å². The van der Waals surface area contributed by atoms with Crippen molar-refractivity contribution in [3.8, 4) is 0 Å². The summed E-state index contributed by atoms with van der Waals surface area (Å²) in [6, 6.07) is 0. The van der Waals surface area contributed by atoms with Crippen LogP contribution in [-0.2, 0) is 0 Å². The fourth-order valence-electron chi connectivity index (χ4n) is 1.84. The number of hydrogen-bond donors (Lipinski definition) is 1. The molecule has 1 N–H and O–H groups in total. The maximum Gasteiger partial charge on any atom is 0.259 e. The van der Waals surface area contributed by atoms with Crippen LogP contribution in [0, 0.1) is 6.92 Å². The van der Waals surface area contributed by atoms with E-state index in [9.17, 15) is 9.59 Å². The third kappa shape index (κ3) is 1.31. The quantitative estimate of drug-likeness (QED) is 0.808. The molecule has 0 bridgehead atoms. The minimum Gasteiger partial charge on any atom is -0.310 e. The minimum atomic E-state index is -0.117. The maximum atomic E-state index is 11.9. The van der Waals surface area contributed by atoms with Crippen LogP contribution >= 0.6 is 11.3 Å². The molecule has 0 amide bonds. The topological polar surface area (TPSA) is 62.8 Å². The van der Waals surface area contributed by atoms with Crippen molar-refractivity contribution in [3.05, 3.63) is 26.6 Å². The van der Waals surface area contributed by atoms with Crippen LogP contribution < -0.4 is 5.56 Å². The summed E-state index contributed by atoms with van der Waals surface area (Å²) in [5.41, 5.74) is 0.625. The summed E-state index contributed by atoms with van der Waals surface area (Å²) in [6.07, 6.45) is 2.98. The van der Waals surface area contributed by atoms with Crippen molar-refractivity contribution in [2.45, 2.75) is 25.7 Å². The van der Waals surface area contributed by atoms with E-state index in [1.165, 1.54) is 11.3 Å². The Morgan fingerprint density at radius 3 is 2.88 bits per heavy atom. The van der Waals surface area contributed by atoms with E-state index in [2.05, 4.69) is 9.97 Å². The third-order valence-corrected chi connectivity index (χ3v) is 4.04. The fourth-order valence-corrected chi connectivity index (χ4v) is 2.84. The highest BCUT2D eigenvalue weighted by atomic mass is 32.1. The summed E-state index contributed by atoms with van der Waals surface area (Å²) in [7, 11) is 0. The molecule has 0 radical (unpaired) electrons. The van der Waals surface area contributed by atoms with Gasteiger partial charge in [-0.2, -0.15) is 0 Å². The number of aryl methyl sites for hydroxylation is 1. The third-order valence-electron chi connectivity index (χ3n) is 2.93. The van der Waals surface area contributed by atoms with E-state index in [1.54, 1.807) is 6.92 Å². The molecule has 5 heteroatoms. The molecule has 16 heavy (non-hydrogen) atoms. The number of aromatic nitrogens is 2. The van der Waals surface area contributed by atoms with E-state index < -0.39 is 0 Å². The van der Waals surface area contributed by atoms with Gasteiger partial charge in [0.2, 0.25) is 0 Å². The zero-order valence-electron chi connectivity index (χ0n) is 8.74. The second-order valence-corrected chi connectivity index (χ2v) is 5.15. The predicted octanol–water partition coefficient (Wildman–Crippen LogP) is 1.98. The van der Waals surface area contributed by atoms with Crippen molar-refractivity contribution in [1.82, 2.24) is 9.97 Å². The summed E-state index contributed by atoms with van der Waals surface area (Å²) < 4.78 is 0. The summed E-state index contributed by atoms with van der Waals surface area (Å²) in [4.78, 5) is 31.2. The minimum absolute atomic E-state index is 0.117. The Bertz CT molecular complexity index is 637. The van der Waals surface area contributed by atoms with Gasteiger partial charge < -0.3 is 4.98 Å². The molecule has 0 unspecified atom stereocenters. The number of nitrogens with zero attached hydrogens (tertiary/aromatic N) is 1. The Labute approximate surface area is 95.3 Å². The van der Waals surface area contributed by atoms with E-state index in [4.69, 9.17) is 0 Å². The first-order valence-corrected chi connectivity index (χ1v) is 6.01. The molecule has 3 rings (SSSR count). The first-order valence-electron chi connectivity index (χ1n) is 5.19. The van der Waals surface area contributed by atoms with E-state index in [-0.39, 0.29) is 5.56 Å². The highest BCUT2D eigenvalue weighted by molar-refractivity contribution is 7.20. The zero-order chi connectivity index (χ0) is 11.3. The molecule has 1 aliphatic carbocycles. The summed E-state index contributed by atoms with van der Waals surface area (Å²) in [5, 5.41) is 0.566. The Balaban J connectivity index is 2.34. The second kappa shape index (κ2) is 3.25. The van der Waals surface area contributed by atoms with Crippen LogP contribution in [0.25, 0.3) is 10.2 Å². The summed E-state index contributed by atoms with van der Waals surface area (Å²) in [6.45, 7) is 1.79. The van der Waals surface area contributed by atoms with Crippen molar-refractivity contribution >= 4 is 27.8 Å². The average molecular weight is 234 g/mol. The molecule has 1 fully saturated rings. The average Bonchev–Trinajstić information content (AvgIpc) is 3.04. The predicted molar refractivity (Wildman–Crippen MR) is 62.3 cm³/mol. The Morgan fingerprint density at radius 2 is 2.25 bits per heavy atom. The molecule has 82 valence electrons. The Kier molecular flexibility index (Phi) is 1.97. The number of H-pyrrole nitrogens is 1. The lowest BCUT2D eigenvalue weighted by Gasteiger charge is -1.97. The van der Waals surface area contributed by atoms with Gasteiger partial charge in [0.15, 0.2) is 6.29 Å². The van der Waals surface area contributed by atoms with Crippen molar-refractivity contribution in [2.75, 3.05) is 0 Å². The van der Waals surface area contributed by atoms with Crippen molar-refractivity contribution in [3.63, 3.8) is 0 Å². The molecule has 2 aromatic heterocycles. The second-order valence-electron chi connectivity index (χ2n) is 4.11. The van der Waals surface area contributed by atoms with Gasteiger partial charge in [-0.3, -0.25) is 9.59 Å². The lowest BCUT2D eigenvalue weighted by molar-refractivity contribution is 0.112. The number of thiophene rings is 1.